The van der Waals surface area contributed by atoms with Crippen molar-refractivity contribution >= 4 is 11.5 Å². The van der Waals surface area contributed by atoms with Crippen LogP contribution >= 0.6 is 0 Å². The summed E-state index contributed by atoms with van der Waals surface area (Å²) in [5, 5.41) is 0. The Bertz CT molecular complexity index is 377. The highest BCUT2D eigenvalue weighted by molar-refractivity contribution is 5.54. The second-order valence-electron chi connectivity index (χ2n) is 4.46. The average molecular weight is 221 g/mol. The van der Waals surface area contributed by atoms with Crippen molar-refractivity contribution in [3.63, 3.8) is 0 Å². The lowest BCUT2D eigenvalue weighted by Gasteiger charge is -2.26. The van der Waals surface area contributed by atoms with E-state index in [0.29, 0.717) is 17.6 Å². The van der Waals surface area contributed by atoms with Gasteiger partial charge in [-0.15, -0.1) is 0 Å². The number of nitrogen functional groups attached to an aromatic ring is 1. The molecule has 1 saturated carbocycles. The molecule has 0 bridgehead atoms. The molecular weight excluding hydrogens is 202 g/mol. The van der Waals surface area contributed by atoms with Gasteiger partial charge in [0.05, 0.1) is 12.8 Å². The largest absolute Gasteiger partial charge is 0.479 e. The van der Waals surface area contributed by atoms with E-state index in [2.05, 4.69) is 23.9 Å². The van der Waals surface area contributed by atoms with E-state index < -0.39 is 0 Å². The molecule has 2 N–H and O–H groups in total. The number of rotatable bonds is 4. The van der Waals surface area contributed by atoms with Gasteiger partial charge in [0.15, 0.2) is 0 Å². The number of pyridine rings is 1. The van der Waals surface area contributed by atoms with Crippen molar-refractivity contribution in [2.75, 3.05) is 24.8 Å². The third-order valence-electron chi connectivity index (χ3n) is 3.34. The topological polar surface area (TPSA) is 51.4 Å². The van der Waals surface area contributed by atoms with Gasteiger partial charge in [-0.25, -0.2) is 0 Å². The zero-order chi connectivity index (χ0) is 11.7. The van der Waals surface area contributed by atoms with E-state index in [9.17, 15) is 0 Å². The normalized spacial score (nSPS) is 16.9. The Labute approximate surface area is 96.4 Å². The van der Waals surface area contributed by atoms with E-state index in [1.165, 1.54) is 12.8 Å². The first-order chi connectivity index (χ1) is 7.63. The van der Waals surface area contributed by atoms with Crippen LogP contribution in [0.2, 0.25) is 0 Å². The third kappa shape index (κ3) is 2.05. The van der Waals surface area contributed by atoms with Crippen molar-refractivity contribution in [1.29, 1.82) is 0 Å². The molecule has 88 valence electrons. The van der Waals surface area contributed by atoms with E-state index in [1.807, 2.05) is 12.1 Å². The van der Waals surface area contributed by atoms with Crippen LogP contribution in [0.15, 0.2) is 12.1 Å². The molecule has 1 atom stereocenters. The zero-order valence-corrected chi connectivity index (χ0v) is 10.1. The SMILES string of the molecule is COc1nc(N(C)C(C)C2CC2)ccc1N. The Morgan fingerprint density at radius 3 is 2.75 bits per heavy atom. The second kappa shape index (κ2) is 4.20. The number of aromatic nitrogens is 1. The summed E-state index contributed by atoms with van der Waals surface area (Å²) in [6.07, 6.45) is 2.66. The molecule has 0 radical (unpaired) electrons. The molecule has 0 aromatic carbocycles. The second-order valence-corrected chi connectivity index (χ2v) is 4.46. The molecule has 1 aromatic heterocycles. The number of hydrogen-bond acceptors (Lipinski definition) is 4. The quantitative estimate of drug-likeness (QED) is 0.843. The molecule has 1 heterocycles. The summed E-state index contributed by atoms with van der Waals surface area (Å²) in [4.78, 5) is 6.59. The predicted molar refractivity (Wildman–Crippen MR) is 65.8 cm³/mol. The number of hydrogen-bond donors (Lipinski definition) is 1. The minimum atomic E-state index is 0.507. The highest BCUT2D eigenvalue weighted by Crippen LogP contribution is 2.36. The van der Waals surface area contributed by atoms with Crippen LogP contribution in [0, 0.1) is 5.92 Å². The fourth-order valence-electron chi connectivity index (χ4n) is 1.90. The van der Waals surface area contributed by atoms with Crippen molar-refractivity contribution in [2.45, 2.75) is 25.8 Å². The molecule has 1 aliphatic carbocycles. The lowest BCUT2D eigenvalue weighted by Crippen LogP contribution is -2.31. The average Bonchev–Trinajstić information content (AvgIpc) is 3.11. The molecule has 1 aliphatic rings. The zero-order valence-electron chi connectivity index (χ0n) is 10.1. The van der Waals surface area contributed by atoms with E-state index in [4.69, 9.17) is 10.5 Å². The minimum absolute atomic E-state index is 0.507. The van der Waals surface area contributed by atoms with Crippen molar-refractivity contribution in [3.05, 3.63) is 12.1 Å². The van der Waals surface area contributed by atoms with Gasteiger partial charge in [0, 0.05) is 13.1 Å². The lowest BCUT2D eigenvalue weighted by molar-refractivity contribution is 0.400. The van der Waals surface area contributed by atoms with Crippen LogP contribution in [-0.2, 0) is 0 Å². The summed E-state index contributed by atoms with van der Waals surface area (Å²) in [6.45, 7) is 2.24. The summed E-state index contributed by atoms with van der Waals surface area (Å²) in [5.74, 6) is 2.24. The number of nitrogens with zero attached hydrogens (tertiary/aromatic N) is 2. The number of anilines is 2. The van der Waals surface area contributed by atoms with Crippen LogP contribution < -0.4 is 15.4 Å². The third-order valence-corrected chi connectivity index (χ3v) is 3.34. The van der Waals surface area contributed by atoms with Crippen LogP contribution in [0.5, 0.6) is 5.88 Å². The van der Waals surface area contributed by atoms with Crippen molar-refractivity contribution in [3.8, 4) is 5.88 Å². The first kappa shape index (κ1) is 11.0. The Morgan fingerprint density at radius 2 is 2.19 bits per heavy atom. The van der Waals surface area contributed by atoms with Crippen molar-refractivity contribution in [2.24, 2.45) is 5.92 Å². The monoisotopic (exact) mass is 221 g/mol. The van der Waals surface area contributed by atoms with Crippen molar-refractivity contribution in [1.82, 2.24) is 4.98 Å². The molecule has 1 aromatic rings. The highest BCUT2D eigenvalue weighted by Gasteiger charge is 2.31. The first-order valence-electron chi connectivity index (χ1n) is 5.67. The lowest BCUT2D eigenvalue weighted by atomic mass is 10.2. The van der Waals surface area contributed by atoms with E-state index in [-0.39, 0.29) is 0 Å². The van der Waals surface area contributed by atoms with Gasteiger partial charge in [-0.2, -0.15) is 4.98 Å². The molecule has 16 heavy (non-hydrogen) atoms. The summed E-state index contributed by atoms with van der Waals surface area (Å²) in [7, 11) is 3.66. The highest BCUT2D eigenvalue weighted by atomic mass is 16.5. The molecule has 0 saturated heterocycles. The Morgan fingerprint density at radius 1 is 1.50 bits per heavy atom. The Hall–Kier alpha value is -1.45. The fraction of sp³-hybridized carbons (Fsp3) is 0.583. The smallest absolute Gasteiger partial charge is 0.238 e. The molecule has 0 aliphatic heterocycles. The van der Waals surface area contributed by atoms with Gasteiger partial charge >= 0.3 is 0 Å². The Kier molecular flexibility index (Phi) is 2.90. The van der Waals surface area contributed by atoms with E-state index in [0.717, 1.165) is 11.7 Å². The van der Waals surface area contributed by atoms with Crippen LogP contribution in [0.3, 0.4) is 0 Å². The van der Waals surface area contributed by atoms with Crippen LogP contribution in [0.4, 0.5) is 11.5 Å². The van der Waals surface area contributed by atoms with E-state index in [1.54, 1.807) is 7.11 Å². The van der Waals surface area contributed by atoms with Crippen LogP contribution in [0.25, 0.3) is 0 Å². The fourth-order valence-corrected chi connectivity index (χ4v) is 1.90. The van der Waals surface area contributed by atoms with Gasteiger partial charge in [0.2, 0.25) is 5.88 Å². The van der Waals surface area contributed by atoms with E-state index >= 15 is 0 Å². The summed E-state index contributed by atoms with van der Waals surface area (Å²) < 4.78 is 5.13. The molecule has 0 amide bonds. The molecule has 2 rings (SSSR count). The maximum atomic E-state index is 5.74. The summed E-state index contributed by atoms with van der Waals surface area (Å²) >= 11 is 0. The minimum Gasteiger partial charge on any atom is -0.479 e. The number of ether oxygens (including phenoxy) is 1. The molecule has 0 spiro atoms. The maximum absolute atomic E-state index is 5.74. The van der Waals surface area contributed by atoms with Gasteiger partial charge in [-0.3, -0.25) is 0 Å². The summed E-state index contributed by atoms with van der Waals surface area (Å²) in [6, 6.07) is 4.31. The van der Waals surface area contributed by atoms with Gasteiger partial charge in [0.1, 0.15) is 5.82 Å². The molecule has 1 unspecified atom stereocenters. The first-order valence-corrected chi connectivity index (χ1v) is 5.67. The number of methoxy groups -OCH3 is 1. The van der Waals surface area contributed by atoms with Crippen LogP contribution in [0.1, 0.15) is 19.8 Å². The molecule has 1 fully saturated rings. The Balaban J connectivity index is 2.18. The number of nitrogens with two attached hydrogens (primary N) is 1. The van der Waals surface area contributed by atoms with Crippen LogP contribution in [-0.4, -0.2) is 25.2 Å². The van der Waals surface area contributed by atoms with Gasteiger partial charge in [-0.1, -0.05) is 0 Å². The summed E-state index contributed by atoms with van der Waals surface area (Å²) in [5.41, 5.74) is 6.32. The standard InChI is InChI=1S/C12H19N3O/c1-8(9-4-5-9)15(2)11-7-6-10(13)12(14-11)16-3/h6-9H,4-5,13H2,1-3H3. The molecule has 4 nitrogen and oxygen atoms in total. The molecule has 4 heteroatoms. The molecular formula is C12H19N3O. The van der Waals surface area contributed by atoms with Crippen molar-refractivity contribution < 1.29 is 4.74 Å². The van der Waals surface area contributed by atoms with Gasteiger partial charge in [0.25, 0.3) is 0 Å². The maximum Gasteiger partial charge on any atom is 0.238 e. The predicted octanol–water partition coefficient (Wildman–Crippen LogP) is 1.91. The van der Waals surface area contributed by atoms with Gasteiger partial charge in [-0.05, 0) is 37.8 Å². The van der Waals surface area contributed by atoms with Gasteiger partial charge < -0.3 is 15.4 Å².